The number of benzene rings is 1. The Labute approximate surface area is 112 Å². The van der Waals surface area contributed by atoms with Crippen molar-refractivity contribution in [3.05, 3.63) is 35.4 Å². The maximum atomic E-state index is 12.6. The normalized spacial score (nSPS) is 16.6. The molecule has 0 spiro atoms. The molecule has 0 aromatic heterocycles. The fourth-order valence-electron chi connectivity index (χ4n) is 1.98. The first kappa shape index (κ1) is 14.1. The predicted octanol–water partition coefficient (Wildman–Crippen LogP) is 1.91. The second-order valence-electron chi connectivity index (χ2n) is 4.37. The van der Waals surface area contributed by atoms with Gasteiger partial charge in [-0.2, -0.15) is 18.4 Å². The zero-order valence-corrected chi connectivity index (χ0v) is 10.1. The molecule has 20 heavy (non-hydrogen) atoms. The van der Waals surface area contributed by atoms with Crippen molar-refractivity contribution in [1.82, 2.24) is 4.90 Å². The fraction of sp³-hybridized carbons (Fsp3) is 0.308. The highest BCUT2D eigenvalue weighted by Crippen LogP contribution is 2.28. The third-order valence-electron chi connectivity index (χ3n) is 3.05. The van der Waals surface area contributed by atoms with E-state index in [9.17, 15) is 22.8 Å². The lowest BCUT2D eigenvalue weighted by atomic mass is 9.97. The predicted molar refractivity (Wildman–Crippen MR) is 61.3 cm³/mol. The number of amides is 2. The van der Waals surface area contributed by atoms with Crippen molar-refractivity contribution in [3.8, 4) is 6.07 Å². The molecule has 0 radical (unpaired) electrons. The number of nitriles is 1. The summed E-state index contributed by atoms with van der Waals surface area (Å²) in [6.07, 6.45) is -4.91. The number of halogens is 3. The number of imide groups is 1. The Kier molecular flexibility index (Phi) is 3.49. The average Bonchev–Trinajstić information content (AvgIpc) is 2.37. The Hall–Kier alpha value is -2.36. The molecule has 0 saturated heterocycles. The van der Waals surface area contributed by atoms with Gasteiger partial charge in [0.2, 0.25) is 5.91 Å². The van der Waals surface area contributed by atoms with Gasteiger partial charge < -0.3 is 0 Å². The monoisotopic (exact) mass is 282 g/mol. The number of fused-ring (bicyclic) bond motifs is 1. The Morgan fingerprint density at radius 3 is 2.55 bits per heavy atom. The van der Waals surface area contributed by atoms with E-state index in [4.69, 9.17) is 5.26 Å². The van der Waals surface area contributed by atoms with Gasteiger partial charge in [-0.05, 0) is 11.6 Å². The minimum absolute atomic E-state index is 0.141. The third-order valence-corrected chi connectivity index (χ3v) is 3.05. The lowest BCUT2D eigenvalue weighted by Crippen LogP contribution is -2.46. The highest BCUT2D eigenvalue weighted by Gasteiger charge is 2.44. The van der Waals surface area contributed by atoms with Crippen LogP contribution in [0.25, 0.3) is 0 Å². The van der Waals surface area contributed by atoms with E-state index in [2.05, 4.69) is 0 Å². The summed E-state index contributed by atoms with van der Waals surface area (Å²) < 4.78 is 37.7. The molecule has 2 rings (SSSR count). The largest absolute Gasteiger partial charge is 0.406 e. The highest BCUT2D eigenvalue weighted by molar-refractivity contribution is 6.09. The maximum absolute atomic E-state index is 12.6. The first-order valence-corrected chi connectivity index (χ1v) is 5.73. The van der Waals surface area contributed by atoms with Crippen LogP contribution in [0, 0.1) is 17.2 Å². The lowest BCUT2D eigenvalue weighted by molar-refractivity contribution is -0.163. The van der Waals surface area contributed by atoms with Crippen molar-refractivity contribution >= 4 is 11.8 Å². The summed E-state index contributed by atoms with van der Waals surface area (Å²) in [5, 5.41) is 8.54. The van der Waals surface area contributed by atoms with E-state index >= 15 is 0 Å². The summed E-state index contributed by atoms with van der Waals surface area (Å²) in [5.41, 5.74) is 0.685. The van der Waals surface area contributed by atoms with Crippen LogP contribution >= 0.6 is 0 Å². The Morgan fingerprint density at radius 1 is 1.30 bits per heavy atom. The van der Waals surface area contributed by atoms with Crippen LogP contribution in [0.2, 0.25) is 0 Å². The first-order chi connectivity index (χ1) is 9.34. The molecular formula is C13H9F3N2O2. The van der Waals surface area contributed by atoms with E-state index in [1.165, 1.54) is 6.07 Å². The van der Waals surface area contributed by atoms with Gasteiger partial charge >= 0.3 is 6.18 Å². The van der Waals surface area contributed by atoms with Crippen LogP contribution in [0.3, 0.4) is 0 Å². The lowest BCUT2D eigenvalue weighted by Gasteiger charge is -2.28. The molecule has 1 unspecified atom stereocenters. The maximum Gasteiger partial charge on any atom is 0.406 e. The van der Waals surface area contributed by atoms with Gasteiger partial charge in [-0.3, -0.25) is 14.5 Å². The molecule has 0 aliphatic carbocycles. The van der Waals surface area contributed by atoms with Gasteiger partial charge in [0.25, 0.3) is 5.91 Å². The fourth-order valence-corrected chi connectivity index (χ4v) is 1.98. The van der Waals surface area contributed by atoms with E-state index in [0.717, 1.165) is 6.07 Å². The van der Waals surface area contributed by atoms with E-state index < -0.39 is 30.5 Å². The van der Waals surface area contributed by atoms with Crippen molar-refractivity contribution in [2.75, 3.05) is 6.54 Å². The number of carbonyl (C=O) groups excluding carboxylic acids is 2. The van der Waals surface area contributed by atoms with Gasteiger partial charge in [0.05, 0.1) is 19.0 Å². The Bertz CT molecular complexity index is 604. The molecule has 2 amide bonds. The minimum Gasteiger partial charge on any atom is -0.277 e. The molecule has 1 aromatic carbocycles. The molecule has 0 bridgehead atoms. The minimum atomic E-state index is -4.77. The number of rotatable bonds is 2. The molecule has 7 heteroatoms. The van der Waals surface area contributed by atoms with E-state index in [0.29, 0.717) is 10.5 Å². The summed E-state index contributed by atoms with van der Waals surface area (Å²) in [4.78, 5) is 24.3. The number of carbonyl (C=O) groups is 2. The van der Waals surface area contributed by atoms with Crippen LogP contribution in [0.5, 0.6) is 0 Å². The van der Waals surface area contributed by atoms with Crippen molar-refractivity contribution in [2.45, 2.75) is 12.6 Å². The third kappa shape index (κ3) is 2.50. The Morgan fingerprint density at radius 2 is 1.95 bits per heavy atom. The summed E-state index contributed by atoms with van der Waals surface area (Å²) >= 11 is 0. The number of nitrogens with zero attached hydrogens (tertiary/aromatic N) is 2. The zero-order chi connectivity index (χ0) is 14.9. The van der Waals surface area contributed by atoms with Gasteiger partial charge in [0.1, 0.15) is 0 Å². The molecule has 1 atom stereocenters. The van der Waals surface area contributed by atoms with Crippen molar-refractivity contribution in [2.24, 2.45) is 5.92 Å². The second-order valence-corrected chi connectivity index (χ2v) is 4.37. The topological polar surface area (TPSA) is 61.2 Å². The van der Waals surface area contributed by atoms with E-state index in [-0.39, 0.29) is 12.0 Å². The number of alkyl halides is 3. The molecule has 1 heterocycles. The van der Waals surface area contributed by atoms with E-state index in [1.54, 1.807) is 18.2 Å². The van der Waals surface area contributed by atoms with Crippen molar-refractivity contribution in [1.29, 1.82) is 5.26 Å². The number of hydrogen-bond donors (Lipinski definition) is 0. The zero-order valence-electron chi connectivity index (χ0n) is 10.1. The molecule has 0 saturated carbocycles. The van der Waals surface area contributed by atoms with E-state index in [1.807, 2.05) is 0 Å². The standard InChI is InChI=1S/C13H9F3N2O2/c14-13(15,16)9(6-17)7-18-11(19)5-8-3-1-2-4-10(8)12(18)20/h1-4,9H,5,7H2. The van der Waals surface area contributed by atoms with Gasteiger partial charge in [0, 0.05) is 5.56 Å². The van der Waals surface area contributed by atoms with Crippen molar-refractivity contribution in [3.63, 3.8) is 0 Å². The summed E-state index contributed by atoms with van der Waals surface area (Å²) in [7, 11) is 0. The Balaban J connectivity index is 2.29. The molecule has 104 valence electrons. The summed E-state index contributed by atoms with van der Waals surface area (Å²) in [5.74, 6) is -3.89. The molecule has 0 fully saturated rings. The first-order valence-electron chi connectivity index (χ1n) is 5.73. The van der Waals surface area contributed by atoms with Crippen LogP contribution < -0.4 is 0 Å². The molecule has 0 N–H and O–H groups in total. The van der Waals surface area contributed by atoms with Gasteiger partial charge in [-0.15, -0.1) is 0 Å². The van der Waals surface area contributed by atoms with Crippen LogP contribution in [-0.4, -0.2) is 29.4 Å². The van der Waals surface area contributed by atoms with Gasteiger partial charge in [-0.1, -0.05) is 18.2 Å². The molecular weight excluding hydrogens is 273 g/mol. The smallest absolute Gasteiger partial charge is 0.277 e. The molecule has 1 aliphatic rings. The quantitative estimate of drug-likeness (QED) is 0.778. The summed E-state index contributed by atoms with van der Waals surface area (Å²) in [6.45, 7) is -0.966. The van der Waals surface area contributed by atoms with Crippen LogP contribution in [-0.2, 0) is 11.2 Å². The number of hydrogen-bond acceptors (Lipinski definition) is 3. The van der Waals surface area contributed by atoms with Crippen LogP contribution in [0.4, 0.5) is 13.2 Å². The molecule has 1 aliphatic heterocycles. The van der Waals surface area contributed by atoms with Crippen LogP contribution in [0.1, 0.15) is 15.9 Å². The summed E-state index contributed by atoms with van der Waals surface area (Å²) in [6, 6.07) is 7.32. The van der Waals surface area contributed by atoms with Gasteiger partial charge in [-0.25, -0.2) is 0 Å². The second kappa shape index (κ2) is 4.96. The highest BCUT2D eigenvalue weighted by atomic mass is 19.4. The van der Waals surface area contributed by atoms with Crippen molar-refractivity contribution < 1.29 is 22.8 Å². The average molecular weight is 282 g/mol. The van der Waals surface area contributed by atoms with Gasteiger partial charge in [0.15, 0.2) is 5.92 Å². The van der Waals surface area contributed by atoms with Crippen LogP contribution in [0.15, 0.2) is 24.3 Å². The molecule has 4 nitrogen and oxygen atoms in total. The SMILES string of the molecule is N#CC(CN1C(=O)Cc2ccccc2C1=O)C(F)(F)F. The molecule has 1 aromatic rings.